The van der Waals surface area contributed by atoms with Crippen LogP contribution < -0.4 is 0 Å². The van der Waals surface area contributed by atoms with Gasteiger partial charge in [-0.25, -0.2) is 0 Å². The Kier molecular flexibility index (Phi) is 2.53. The molecule has 14 heavy (non-hydrogen) atoms. The Morgan fingerprint density at radius 3 is 3.14 bits per heavy atom. The molecule has 1 saturated heterocycles. The fourth-order valence-corrected chi connectivity index (χ4v) is 2.14. The number of allylic oxidation sites excluding steroid dienone is 1. The molecule has 1 fully saturated rings. The Morgan fingerprint density at radius 2 is 2.50 bits per heavy atom. The molecule has 74 valence electrons. The zero-order valence-corrected chi connectivity index (χ0v) is 8.61. The van der Waals surface area contributed by atoms with Crippen LogP contribution in [0.5, 0.6) is 0 Å². The smallest absolute Gasteiger partial charge is 0.0554 e. The van der Waals surface area contributed by atoms with E-state index in [9.17, 15) is 0 Å². The third-order valence-corrected chi connectivity index (χ3v) is 2.81. The highest BCUT2D eigenvalue weighted by Crippen LogP contribution is 2.33. The van der Waals surface area contributed by atoms with Crippen LogP contribution in [0.25, 0.3) is 0 Å². The summed E-state index contributed by atoms with van der Waals surface area (Å²) in [5.74, 6) is 0. The minimum atomic E-state index is 0.501. The van der Waals surface area contributed by atoms with Gasteiger partial charge in [0.25, 0.3) is 0 Å². The highest BCUT2D eigenvalue weighted by Gasteiger charge is 2.25. The average Bonchev–Trinajstić information content (AvgIpc) is 2.67. The second kappa shape index (κ2) is 3.82. The van der Waals surface area contributed by atoms with Crippen molar-refractivity contribution in [3.63, 3.8) is 0 Å². The number of hydrogen-bond acceptors (Lipinski definition) is 2. The normalized spacial score (nSPS) is 21.2. The fraction of sp³-hybridized carbons (Fsp3) is 0.417. The number of nitrogens with zero attached hydrogens (tertiary/aromatic N) is 2. The molecule has 0 N–H and O–H groups in total. The van der Waals surface area contributed by atoms with E-state index in [4.69, 9.17) is 0 Å². The maximum atomic E-state index is 4.17. The predicted molar refractivity (Wildman–Crippen MR) is 57.7 cm³/mol. The Morgan fingerprint density at radius 1 is 1.64 bits per heavy atom. The van der Waals surface area contributed by atoms with Crippen molar-refractivity contribution in [1.82, 2.24) is 9.88 Å². The second-order valence-electron chi connectivity index (χ2n) is 3.87. The summed E-state index contributed by atoms with van der Waals surface area (Å²) in [6, 6.07) is 4.66. The van der Waals surface area contributed by atoms with Crippen molar-refractivity contribution in [2.24, 2.45) is 0 Å². The third kappa shape index (κ3) is 1.65. The number of pyridine rings is 1. The highest BCUT2D eigenvalue weighted by molar-refractivity contribution is 5.17. The Labute approximate surface area is 85.3 Å². The van der Waals surface area contributed by atoms with Crippen LogP contribution in [0.2, 0.25) is 0 Å². The topological polar surface area (TPSA) is 16.1 Å². The molecule has 0 aromatic carbocycles. The minimum Gasteiger partial charge on any atom is -0.368 e. The molecule has 1 aliphatic heterocycles. The zero-order chi connectivity index (χ0) is 9.97. The Bertz CT molecular complexity index is 318. The number of rotatable bonds is 2. The van der Waals surface area contributed by atoms with Gasteiger partial charge in [0.1, 0.15) is 0 Å². The third-order valence-electron chi connectivity index (χ3n) is 2.81. The summed E-state index contributed by atoms with van der Waals surface area (Å²) in [5, 5.41) is 0. The molecule has 1 aromatic rings. The summed E-state index contributed by atoms with van der Waals surface area (Å²) in [4.78, 5) is 6.54. The SMILES string of the molecule is C=C(C)N1CCCC1c1cccnc1. The van der Waals surface area contributed by atoms with Crippen LogP contribution in [0.3, 0.4) is 0 Å². The first-order chi connectivity index (χ1) is 6.79. The number of aromatic nitrogens is 1. The summed E-state index contributed by atoms with van der Waals surface area (Å²) in [5.41, 5.74) is 2.48. The van der Waals surface area contributed by atoms with Gasteiger partial charge in [-0.05, 0) is 31.4 Å². The van der Waals surface area contributed by atoms with Gasteiger partial charge < -0.3 is 4.90 Å². The van der Waals surface area contributed by atoms with E-state index < -0.39 is 0 Å². The van der Waals surface area contributed by atoms with Crippen LogP contribution in [-0.2, 0) is 0 Å². The maximum absolute atomic E-state index is 4.17. The van der Waals surface area contributed by atoms with Crippen molar-refractivity contribution in [1.29, 1.82) is 0 Å². The molecule has 0 spiro atoms. The molecule has 2 heteroatoms. The highest BCUT2D eigenvalue weighted by atomic mass is 15.2. The maximum Gasteiger partial charge on any atom is 0.0554 e. The van der Waals surface area contributed by atoms with Crippen LogP contribution in [0.15, 0.2) is 36.8 Å². The van der Waals surface area contributed by atoms with Crippen molar-refractivity contribution in [3.05, 3.63) is 42.4 Å². The van der Waals surface area contributed by atoms with Gasteiger partial charge in [0.05, 0.1) is 6.04 Å². The van der Waals surface area contributed by atoms with Gasteiger partial charge in [-0.1, -0.05) is 12.6 Å². The van der Waals surface area contributed by atoms with Gasteiger partial charge in [-0.2, -0.15) is 0 Å². The van der Waals surface area contributed by atoms with E-state index in [0.717, 1.165) is 12.2 Å². The molecule has 1 aromatic heterocycles. The van der Waals surface area contributed by atoms with Crippen LogP contribution >= 0.6 is 0 Å². The van der Waals surface area contributed by atoms with Gasteiger partial charge in [0, 0.05) is 24.6 Å². The van der Waals surface area contributed by atoms with Crippen molar-refractivity contribution >= 4 is 0 Å². The monoisotopic (exact) mass is 188 g/mol. The molecule has 1 atom stereocenters. The Hall–Kier alpha value is -1.31. The molecule has 2 rings (SSSR count). The van der Waals surface area contributed by atoms with Crippen molar-refractivity contribution in [3.8, 4) is 0 Å². The molecule has 2 nitrogen and oxygen atoms in total. The number of hydrogen-bond donors (Lipinski definition) is 0. The van der Waals surface area contributed by atoms with E-state index in [-0.39, 0.29) is 0 Å². The van der Waals surface area contributed by atoms with E-state index in [2.05, 4.69) is 29.5 Å². The molecule has 0 aliphatic carbocycles. The second-order valence-corrected chi connectivity index (χ2v) is 3.87. The fourth-order valence-electron chi connectivity index (χ4n) is 2.14. The van der Waals surface area contributed by atoms with Crippen LogP contribution in [0.4, 0.5) is 0 Å². The molecule has 1 unspecified atom stereocenters. The molecule has 0 amide bonds. The molecular formula is C12H16N2. The standard InChI is InChI=1S/C12H16N2/c1-10(2)14-8-4-6-12(14)11-5-3-7-13-9-11/h3,5,7,9,12H,1,4,6,8H2,2H3. The first-order valence-corrected chi connectivity index (χ1v) is 5.11. The predicted octanol–water partition coefficient (Wildman–Crippen LogP) is 2.75. The van der Waals surface area contributed by atoms with Crippen molar-refractivity contribution in [2.75, 3.05) is 6.54 Å². The summed E-state index contributed by atoms with van der Waals surface area (Å²) in [7, 11) is 0. The van der Waals surface area contributed by atoms with Gasteiger partial charge in [0.15, 0.2) is 0 Å². The van der Waals surface area contributed by atoms with E-state index in [0.29, 0.717) is 6.04 Å². The van der Waals surface area contributed by atoms with Gasteiger partial charge in [-0.3, -0.25) is 4.98 Å². The lowest BCUT2D eigenvalue weighted by Crippen LogP contribution is -2.20. The summed E-state index contributed by atoms with van der Waals surface area (Å²) in [6.07, 6.45) is 6.26. The lowest BCUT2D eigenvalue weighted by atomic mass is 10.1. The van der Waals surface area contributed by atoms with Gasteiger partial charge in [-0.15, -0.1) is 0 Å². The molecule has 0 radical (unpaired) electrons. The Balaban J connectivity index is 2.22. The van der Waals surface area contributed by atoms with E-state index >= 15 is 0 Å². The lowest BCUT2D eigenvalue weighted by molar-refractivity contribution is 0.328. The van der Waals surface area contributed by atoms with Crippen LogP contribution in [0.1, 0.15) is 31.4 Å². The summed E-state index contributed by atoms with van der Waals surface area (Å²) >= 11 is 0. The lowest BCUT2D eigenvalue weighted by Gasteiger charge is -2.26. The van der Waals surface area contributed by atoms with E-state index in [1.54, 1.807) is 0 Å². The van der Waals surface area contributed by atoms with Crippen molar-refractivity contribution in [2.45, 2.75) is 25.8 Å². The molecule has 0 saturated carbocycles. The minimum absolute atomic E-state index is 0.501. The molecule has 2 heterocycles. The zero-order valence-electron chi connectivity index (χ0n) is 8.61. The van der Waals surface area contributed by atoms with Crippen LogP contribution in [-0.4, -0.2) is 16.4 Å². The molecule has 0 bridgehead atoms. The first kappa shape index (κ1) is 9.25. The summed E-state index contributed by atoms with van der Waals surface area (Å²) in [6.45, 7) is 7.23. The van der Waals surface area contributed by atoms with Crippen molar-refractivity contribution < 1.29 is 0 Å². The van der Waals surface area contributed by atoms with E-state index in [1.807, 2.05) is 18.5 Å². The molecular weight excluding hydrogens is 172 g/mol. The average molecular weight is 188 g/mol. The largest absolute Gasteiger partial charge is 0.368 e. The summed E-state index contributed by atoms with van der Waals surface area (Å²) < 4.78 is 0. The molecule has 1 aliphatic rings. The first-order valence-electron chi connectivity index (χ1n) is 5.11. The van der Waals surface area contributed by atoms with E-state index in [1.165, 1.54) is 18.4 Å². The number of likely N-dealkylation sites (tertiary alicyclic amines) is 1. The quantitative estimate of drug-likeness (QED) is 0.709. The van der Waals surface area contributed by atoms with Crippen LogP contribution in [0, 0.1) is 0 Å². The van der Waals surface area contributed by atoms with Gasteiger partial charge >= 0.3 is 0 Å². The van der Waals surface area contributed by atoms with Gasteiger partial charge in [0.2, 0.25) is 0 Å².